The van der Waals surface area contributed by atoms with Crippen molar-refractivity contribution in [2.75, 3.05) is 6.54 Å². The summed E-state index contributed by atoms with van der Waals surface area (Å²) >= 11 is 0. The second-order valence-electron chi connectivity index (χ2n) is 6.61. The summed E-state index contributed by atoms with van der Waals surface area (Å²) in [6, 6.07) is 5.67. The summed E-state index contributed by atoms with van der Waals surface area (Å²) in [5.41, 5.74) is 2.27. The molecule has 0 spiro atoms. The van der Waals surface area contributed by atoms with E-state index >= 15 is 0 Å². The summed E-state index contributed by atoms with van der Waals surface area (Å²) in [4.78, 5) is 14.8. The van der Waals surface area contributed by atoms with E-state index in [9.17, 15) is 4.79 Å². The van der Waals surface area contributed by atoms with Crippen LogP contribution in [-0.2, 0) is 6.54 Å². The second-order valence-corrected chi connectivity index (χ2v) is 6.61. The Morgan fingerprint density at radius 2 is 2.28 bits per heavy atom. The zero-order chi connectivity index (χ0) is 17.4. The Labute approximate surface area is 145 Å². The molecule has 1 N–H and O–H groups in total. The fourth-order valence-corrected chi connectivity index (χ4v) is 3.36. The molecule has 0 bridgehead atoms. The van der Waals surface area contributed by atoms with Crippen LogP contribution in [0, 0.1) is 13.8 Å². The number of aromatic amines is 1. The molecule has 3 aromatic heterocycles. The van der Waals surface area contributed by atoms with Crippen molar-refractivity contribution in [3.8, 4) is 11.5 Å². The van der Waals surface area contributed by atoms with Crippen molar-refractivity contribution < 1.29 is 9.21 Å². The summed E-state index contributed by atoms with van der Waals surface area (Å²) in [6.45, 7) is 5.38. The molecule has 1 aliphatic heterocycles. The Hall–Kier alpha value is -2.83. The Balaban J connectivity index is 1.50. The maximum atomic E-state index is 12.9. The first kappa shape index (κ1) is 15.7. The van der Waals surface area contributed by atoms with Gasteiger partial charge in [0.1, 0.15) is 11.5 Å². The maximum Gasteiger partial charge on any atom is 0.274 e. The number of rotatable bonds is 4. The lowest BCUT2D eigenvalue weighted by Gasteiger charge is -2.23. The van der Waals surface area contributed by atoms with Crippen LogP contribution in [0.25, 0.3) is 11.5 Å². The van der Waals surface area contributed by atoms with Crippen LogP contribution >= 0.6 is 0 Å². The minimum absolute atomic E-state index is 0.0443. The second kappa shape index (κ2) is 6.23. The van der Waals surface area contributed by atoms with Gasteiger partial charge in [-0.1, -0.05) is 0 Å². The Bertz CT molecular complexity index is 891. The number of aromatic nitrogens is 4. The van der Waals surface area contributed by atoms with Crippen LogP contribution in [0.4, 0.5) is 0 Å². The number of likely N-dealkylation sites (tertiary alicyclic amines) is 1. The zero-order valence-electron chi connectivity index (χ0n) is 14.4. The first-order valence-corrected chi connectivity index (χ1v) is 8.52. The fourth-order valence-electron chi connectivity index (χ4n) is 3.36. The van der Waals surface area contributed by atoms with Gasteiger partial charge in [0.15, 0.2) is 11.5 Å². The highest BCUT2D eigenvalue weighted by Crippen LogP contribution is 2.24. The largest absolute Gasteiger partial charge is 0.460 e. The van der Waals surface area contributed by atoms with Crippen molar-refractivity contribution in [1.29, 1.82) is 0 Å². The van der Waals surface area contributed by atoms with Gasteiger partial charge in [-0.05, 0) is 44.4 Å². The van der Waals surface area contributed by atoms with Gasteiger partial charge in [-0.25, -0.2) is 0 Å². The first-order chi connectivity index (χ1) is 12.1. The summed E-state index contributed by atoms with van der Waals surface area (Å²) in [6.07, 6.45) is 5.84. The molecule has 7 nitrogen and oxygen atoms in total. The molecule has 1 saturated heterocycles. The molecule has 1 atom stereocenters. The van der Waals surface area contributed by atoms with Crippen LogP contribution in [0.1, 0.15) is 34.7 Å². The van der Waals surface area contributed by atoms with E-state index in [1.54, 1.807) is 6.07 Å². The minimum Gasteiger partial charge on any atom is -0.460 e. The van der Waals surface area contributed by atoms with Crippen LogP contribution < -0.4 is 0 Å². The molecule has 25 heavy (non-hydrogen) atoms. The van der Waals surface area contributed by atoms with E-state index < -0.39 is 0 Å². The predicted octanol–water partition coefficient (Wildman–Crippen LogP) is 2.79. The van der Waals surface area contributed by atoms with Crippen LogP contribution in [0.5, 0.6) is 0 Å². The number of carbonyl (C=O) groups is 1. The van der Waals surface area contributed by atoms with E-state index in [2.05, 4.69) is 15.3 Å². The number of amides is 1. The van der Waals surface area contributed by atoms with Crippen molar-refractivity contribution in [2.24, 2.45) is 0 Å². The van der Waals surface area contributed by atoms with E-state index in [-0.39, 0.29) is 11.9 Å². The highest BCUT2D eigenvalue weighted by Gasteiger charge is 2.31. The number of aryl methyl sites for hydroxylation is 2. The lowest BCUT2D eigenvalue weighted by molar-refractivity contribution is 0.0715. The molecule has 0 aromatic carbocycles. The van der Waals surface area contributed by atoms with Crippen molar-refractivity contribution in [3.63, 3.8) is 0 Å². The molecule has 3 aromatic rings. The predicted molar refractivity (Wildman–Crippen MR) is 92.0 cm³/mol. The summed E-state index contributed by atoms with van der Waals surface area (Å²) in [5, 5.41) is 11.4. The van der Waals surface area contributed by atoms with Gasteiger partial charge in [-0.3, -0.25) is 14.6 Å². The molecular weight excluding hydrogens is 318 g/mol. The third kappa shape index (κ3) is 3.09. The maximum absolute atomic E-state index is 12.9. The van der Waals surface area contributed by atoms with E-state index in [1.807, 2.05) is 48.0 Å². The Morgan fingerprint density at radius 3 is 3.00 bits per heavy atom. The molecule has 1 aliphatic rings. The molecule has 4 rings (SSSR count). The smallest absolute Gasteiger partial charge is 0.274 e. The highest BCUT2D eigenvalue weighted by atomic mass is 16.3. The van der Waals surface area contributed by atoms with Crippen LogP contribution in [0.3, 0.4) is 0 Å². The third-order valence-electron chi connectivity index (χ3n) is 4.60. The highest BCUT2D eigenvalue weighted by molar-refractivity contribution is 5.93. The van der Waals surface area contributed by atoms with E-state index in [1.165, 1.54) is 0 Å². The van der Waals surface area contributed by atoms with E-state index in [0.29, 0.717) is 18.0 Å². The molecule has 1 unspecified atom stereocenters. The van der Waals surface area contributed by atoms with E-state index in [0.717, 1.165) is 36.4 Å². The van der Waals surface area contributed by atoms with Gasteiger partial charge < -0.3 is 9.32 Å². The number of carbonyl (C=O) groups excluding carboxylic acids is 1. The Kier molecular flexibility index (Phi) is 3.91. The van der Waals surface area contributed by atoms with Gasteiger partial charge in [0, 0.05) is 18.8 Å². The molecule has 1 amide bonds. The zero-order valence-corrected chi connectivity index (χ0v) is 14.4. The molecule has 4 heterocycles. The van der Waals surface area contributed by atoms with Crippen LogP contribution in [-0.4, -0.2) is 43.4 Å². The number of H-pyrrole nitrogens is 1. The van der Waals surface area contributed by atoms with Gasteiger partial charge in [-0.15, -0.1) is 0 Å². The van der Waals surface area contributed by atoms with Crippen molar-refractivity contribution in [3.05, 3.63) is 47.6 Å². The monoisotopic (exact) mass is 339 g/mol. The lowest BCUT2D eigenvalue weighted by atomic mass is 10.2. The number of furan rings is 1. The molecule has 0 radical (unpaired) electrons. The molecule has 130 valence electrons. The van der Waals surface area contributed by atoms with Crippen molar-refractivity contribution in [1.82, 2.24) is 24.9 Å². The summed E-state index contributed by atoms with van der Waals surface area (Å²) in [5.74, 6) is 1.47. The molecular formula is C18H21N5O2. The number of hydrogen-bond donors (Lipinski definition) is 1. The van der Waals surface area contributed by atoms with Crippen molar-refractivity contribution >= 4 is 5.91 Å². The average molecular weight is 339 g/mol. The van der Waals surface area contributed by atoms with Gasteiger partial charge in [0.05, 0.1) is 18.8 Å². The third-order valence-corrected chi connectivity index (χ3v) is 4.60. The molecule has 0 aliphatic carbocycles. The molecule has 7 heteroatoms. The van der Waals surface area contributed by atoms with Crippen LogP contribution in [0.15, 0.2) is 35.0 Å². The Morgan fingerprint density at radius 1 is 1.40 bits per heavy atom. The minimum atomic E-state index is -0.0443. The van der Waals surface area contributed by atoms with Gasteiger partial charge >= 0.3 is 0 Å². The lowest BCUT2D eigenvalue weighted by Crippen LogP contribution is -2.38. The topological polar surface area (TPSA) is 80.0 Å². The van der Waals surface area contributed by atoms with E-state index in [4.69, 9.17) is 4.42 Å². The number of hydrogen-bond acceptors (Lipinski definition) is 4. The SMILES string of the molecule is Cc1cnn(CC2CCCN2C(=O)c2cc(-c3ccc(C)o3)[nH]n2)c1. The number of nitrogens with one attached hydrogen (secondary N) is 1. The van der Waals surface area contributed by atoms with Crippen LogP contribution in [0.2, 0.25) is 0 Å². The quantitative estimate of drug-likeness (QED) is 0.792. The first-order valence-electron chi connectivity index (χ1n) is 8.52. The normalized spacial score (nSPS) is 17.4. The van der Waals surface area contributed by atoms with Gasteiger partial charge in [0.25, 0.3) is 5.91 Å². The summed E-state index contributed by atoms with van der Waals surface area (Å²) < 4.78 is 7.49. The fraction of sp³-hybridized carbons (Fsp3) is 0.389. The van der Waals surface area contributed by atoms with Gasteiger partial charge in [-0.2, -0.15) is 10.2 Å². The van der Waals surface area contributed by atoms with Crippen molar-refractivity contribution in [2.45, 2.75) is 39.3 Å². The summed E-state index contributed by atoms with van der Waals surface area (Å²) in [7, 11) is 0. The van der Waals surface area contributed by atoms with Gasteiger partial charge in [0.2, 0.25) is 0 Å². The average Bonchev–Trinajstić information content (AvgIpc) is 3.34. The number of nitrogens with zero attached hydrogens (tertiary/aromatic N) is 4. The molecule has 1 fully saturated rings. The molecule has 0 saturated carbocycles. The standard InChI is InChI=1S/C18H21N5O2/c1-12-9-19-22(10-12)11-14-4-3-7-23(14)18(24)16-8-15(20-21-16)17-6-5-13(2)25-17/h5-6,8-10,14H,3-4,7,11H2,1-2H3,(H,20,21).